The highest BCUT2D eigenvalue weighted by Crippen LogP contribution is 2.34. The standard InChI is InChI=1S/C17H14Cl3NO3/c18-11-7-13(20)16(8-12(11)19)24-9-17(22)21-14-5-6-23-15-4-2-1-3-10(14)15/h1-4,7-8,14H,5-6,9H2,(H,21,22)/t14-/m0/s1. The molecule has 1 aliphatic rings. The topological polar surface area (TPSA) is 47.6 Å². The largest absolute Gasteiger partial charge is 0.493 e. The first kappa shape index (κ1) is 17.2. The number of benzene rings is 2. The fourth-order valence-electron chi connectivity index (χ4n) is 2.49. The van der Waals surface area contributed by atoms with Gasteiger partial charge in [-0.2, -0.15) is 0 Å². The summed E-state index contributed by atoms with van der Waals surface area (Å²) in [5, 5.41) is 3.89. The zero-order valence-corrected chi connectivity index (χ0v) is 14.8. The van der Waals surface area contributed by atoms with Crippen molar-refractivity contribution in [3.05, 3.63) is 57.0 Å². The second kappa shape index (κ2) is 7.51. The fourth-order valence-corrected chi connectivity index (χ4v) is 3.08. The van der Waals surface area contributed by atoms with E-state index in [0.29, 0.717) is 33.8 Å². The second-order valence-electron chi connectivity index (χ2n) is 5.28. The van der Waals surface area contributed by atoms with Gasteiger partial charge in [-0.25, -0.2) is 0 Å². The SMILES string of the molecule is O=C(COc1cc(Cl)c(Cl)cc1Cl)N[C@H]1CCOc2ccccc21. The van der Waals surface area contributed by atoms with Crippen molar-refractivity contribution in [1.82, 2.24) is 5.32 Å². The van der Waals surface area contributed by atoms with Gasteiger partial charge in [0.2, 0.25) is 0 Å². The molecule has 2 aromatic carbocycles. The number of carbonyl (C=O) groups excluding carboxylic acids is 1. The first-order chi connectivity index (χ1) is 11.5. The van der Waals surface area contributed by atoms with Crippen LogP contribution in [0.15, 0.2) is 36.4 Å². The molecule has 0 saturated heterocycles. The summed E-state index contributed by atoms with van der Waals surface area (Å²) in [4.78, 5) is 12.2. The number of para-hydroxylation sites is 1. The highest BCUT2D eigenvalue weighted by molar-refractivity contribution is 6.43. The number of nitrogens with one attached hydrogen (secondary N) is 1. The molecule has 1 atom stereocenters. The van der Waals surface area contributed by atoms with Crippen LogP contribution in [0.5, 0.6) is 11.5 Å². The lowest BCUT2D eigenvalue weighted by molar-refractivity contribution is -0.124. The Kier molecular flexibility index (Phi) is 5.39. The lowest BCUT2D eigenvalue weighted by Crippen LogP contribution is -2.35. The Balaban J connectivity index is 1.62. The van der Waals surface area contributed by atoms with Gasteiger partial charge < -0.3 is 14.8 Å². The minimum absolute atomic E-state index is 0.102. The van der Waals surface area contributed by atoms with Crippen molar-refractivity contribution in [2.24, 2.45) is 0 Å². The summed E-state index contributed by atoms with van der Waals surface area (Å²) in [6.07, 6.45) is 0.705. The van der Waals surface area contributed by atoms with Crippen molar-refractivity contribution in [2.75, 3.05) is 13.2 Å². The predicted molar refractivity (Wildman–Crippen MR) is 94.4 cm³/mol. The highest BCUT2D eigenvalue weighted by Gasteiger charge is 2.22. The number of fused-ring (bicyclic) bond motifs is 1. The van der Waals surface area contributed by atoms with Crippen LogP contribution in [0.1, 0.15) is 18.0 Å². The van der Waals surface area contributed by atoms with Gasteiger partial charge in [-0.15, -0.1) is 0 Å². The van der Waals surface area contributed by atoms with Crippen molar-refractivity contribution in [1.29, 1.82) is 0 Å². The molecule has 0 bridgehead atoms. The zero-order chi connectivity index (χ0) is 17.1. The molecule has 0 aromatic heterocycles. The third kappa shape index (κ3) is 3.89. The molecule has 0 spiro atoms. The number of amides is 1. The van der Waals surface area contributed by atoms with E-state index in [1.807, 2.05) is 24.3 Å². The van der Waals surface area contributed by atoms with Crippen LogP contribution in [0.25, 0.3) is 0 Å². The Morgan fingerprint density at radius 2 is 1.92 bits per heavy atom. The van der Waals surface area contributed by atoms with Gasteiger partial charge in [-0.05, 0) is 12.1 Å². The van der Waals surface area contributed by atoms with Crippen molar-refractivity contribution >= 4 is 40.7 Å². The van der Waals surface area contributed by atoms with Crippen LogP contribution < -0.4 is 14.8 Å². The molecule has 0 saturated carbocycles. The van der Waals surface area contributed by atoms with Crippen molar-refractivity contribution in [3.8, 4) is 11.5 Å². The lowest BCUT2D eigenvalue weighted by atomic mass is 10.0. The van der Waals surface area contributed by atoms with E-state index in [1.165, 1.54) is 12.1 Å². The van der Waals surface area contributed by atoms with Crippen LogP contribution in [-0.2, 0) is 4.79 Å². The summed E-state index contributed by atoms with van der Waals surface area (Å²) in [6.45, 7) is 0.388. The van der Waals surface area contributed by atoms with Crippen LogP contribution in [0, 0.1) is 0 Å². The molecule has 1 amide bonds. The molecule has 0 fully saturated rings. The lowest BCUT2D eigenvalue weighted by Gasteiger charge is -2.26. The third-order valence-corrected chi connectivity index (χ3v) is 4.64. The van der Waals surface area contributed by atoms with E-state index in [1.54, 1.807) is 0 Å². The highest BCUT2D eigenvalue weighted by atomic mass is 35.5. The zero-order valence-electron chi connectivity index (χ0n) is 12.5. The van der Waals surface area contributed by atoms with Gasteiger partial charge >= 0.3 is 0 Å². The fraction of sp³-hybridized carbons (Fsp3) is 0.235. The molecule has 2 aromatic rings. The van der Waals surface area contributed by atoms with Crippen LogP contribution in [-0.4, -0.2) is 19.1 Å². The van der Waals surface area contributed by atoms with Crippen LogP contribution in [0.3, 0.4) is 0 Å². The molecule has 1 N–H and O–H groups in total. The maximum absolute atomic E-state index is 12.2. The summed E-state index contributed by atoms with van der Waals surface area (Å²) in [5.41, 5.74) is 0.963. The normalized spacial score (nSPS) is 16.0. The molecule has 126 valence electrons. The number of ether oxygens (including phenoxy) is 2. The van der Waals surface area contributed by atoms with E-state index in [4.69, 9.17) is 44.3 Å². The molecule has 24 heavy (non-hydrogen) atoms. The minimum Gasteiger partial charge on any atom is -0.493 e. The van der Waals surface area contributed by atoms with Gasteiger partial charge in [0.15, 0.2) is 6.61 Å². The summed E-state index contributed by atoms with van der Waals surface area (Å²) in [5.74, 6) is 0.856. The molecular formula is C17H14Cl3NO3. The average Bonchev–Trinajstić information content (AvgIpc) is 2.57. The van der Waals surface area contributed by atoms with E-state index < -0.39 is 0 Å². The molecule has 1 aliphatic heterocycles. The third-order valence-electron chi connectivity index (χ3n) is 3.63. The Morgan fingerprint density at radius 1 is 1.17 bits per heavy atom. The monoisotopic (exact) mass is 385 g/mol. The van der Waals surface area contributed by atoms with Crippen molar-refractivity contribution in [3.63, 3.8) is 0 Å². The maximum Gasteiger partial charge on any atom is 0.258 e. The van der Waals surface area contributed by atoms with E-state index in [2.05, 4.69) is 5.32 Å². The molecule has 0 aliphatic carbocycles. The van der Waals surface area contributed by atoms with Gasteiger partial charge in [0.05, 0.1) is 27.7 Å². The molecule has 0 unspecified atom stereocenters. The number of halogens is 3. The molecule has 7 heteroatoms. The molecule has 3 rings (SSSR count). The number of hydrogen-bond donors (Lipinski definition) is 1. The summed E-state index contributed by atoms with van der Waals surface area (Å²) < 4.78 is 11.0. The quantitative estimate of drug-likeness (QED) is 0.777. The van der Waals surface area contributed by atoms with Gasteiger partial charge in [-0.3, -0.25) is 4.79 Å². The van der Waals surface area contributed by atoms with Crippen LogP contribution in [0.2, 0.25) is 15.1 Å². The predicted octanol–water partition coefficient (Wildman–Crippen LogP) is 4.67. The Hall–Kier alpha value is -1.62. The average molecular weight is 387 g/mol. The van der Waals surface area contributed by atoms with E-state index >= 15 is 0 Å². The van der Waals surface area contributed by atoms with E-state index in [0.717, 1.165) is 11.3 Å². The van der Waals surface area contributed by atoms with Crippen LogP contribution in [0.4, 0.5) is 0 Å². The Morgan fingerprint density at radius 3 is 2.75 bits per heavy atom. The van der Waals surface area contributed by atoms with Gasteiger partial charge in [0, 0.05) is 18.1 Å². The first-order valence-electron chi connectivity index (χ1n) is 7.33. The maximum atomic E-state index is 12.2. The number of carbonyl (C=O) groups is 1. The van der Waals surface area contributed by atoms with Gasteiger partial charge in [-0.1, -0.05) is 53.0 Å². The molecule has 0 radical (unpaired) electrons. The molecule has 4 nitrogen and oxygen atoms in total. The molecular weight excluding hydrogens is 373 g/mol. The molecule has 1 heterocycles. The summed E-state index contributed by atoms with van der Waals surface area (Å²) >= 11 is 17.8. The second-order valence-corrected chi connectivity index (χ2v) is 6.50. The van der Waals surface area contributed by atoms with Gasteiger partial charge in [0.25, 0.3) is 5.91 Å². The Labute approximate surface area is 154 Å². The first-order valence-corrected chi connectivity index (χ1v) is 8.46. The van der Waals surface area contributed by atoms with Crippen molar-refractivity contribution < 1.29 is 14.3 Å². The smallest absolute Gasteiger partial charge is 0.258 e. The minimum atomic E-state index is -0.251. The summed E-state index contributed by atoms with van der Waals surface area (Å²) in [7, 11) is 0. The van der Waals surface area contributed by atoms with Crippen LogP contribution >= 0.6 is 34.8 Å². The van der Waals surface area contributed by atoms with E-state index in [-0.39, 0.29) is 18.6 Å². The van der Waals surface area contributed by atoms with Gasteiger partial charge in [0.1, 0.15) is 11.5 Å². The van der Waals surface area contributed by atoms with Crippen molar-refractivity contribution in [2.45, 2.75) is 12.5 Å². The Bertz CT molecular complexity index is 767. The number of hydrogen-bond acceptors (Lipinski definition) is 3. The number of rotatable bonds is 4. The summed E-state index contributed by atoms with van der Waals surface area (Å²) in [6, 6.07) is 10.5. The van der Waals surface area contributed by atoms with E-state index in [9.17, 15) is 4.79 Å².